The fourth-order valence-corrected chi connectivity index (χ4v) is 3.74. The Bertz CT molecular complexity index is 486. The number of benzene rings is 1. The minimum atomic E-state index is 0.152. The van der Waals surface area contributed by atoms with Crippen LogP contribution in [0.2, 0.25) is 0 Å². The predicted octanol–water partition coefficient (Wildman–Crippen LogP) is 2.56. The van der Waals surface area contributed by atoms with E-state index in [1.165, 1.54) is 24.3 Å². The number of fused-ring (bicyclic) bond motifs is 1. The molecule has 2 heterocycles. The van der Waals surface area contributed by atoms with E-state index in [0.717, 1.165) is 17.1 Å². The van der Waals surface area contributed by atoms with Crippen LogP contribution in [0.25, 0.3) is 0 Å². The van der Waals surface area contributed by atoms with Crippen LogP contribution in [0.4, 0.5) is 0 Å². The highest BCUT2D eigenvalue weighted by atomic mass is 32.2. The van der Waals surface area contributed by atoms with E-state index >= 15 is 0 Å². The molecule has 0 aromatic heterocycles. The summed E-state index contributed by atoms with van der Waals surface area (Å²) in [5, 5.41) is 3.00. The summed E-state index contributed by atoms with van der Waals surface area (Å²) in [6, 6.07) is 5.78. The second-order valence-corrected chi connectivity index (χ2v) is 6.45. The van der Waals surface area contributed by atoms with Crippen LogP contribution >= 0.6 is 11.8 Å². The lowest BCUT2D eigenvalue weighted by molar-refractivity contribution is -0.122. The van der Waals surface area contributed by atoms with Gasteiger partial charge in [0.15, 0.2) is 11.5 Å². The van der Waals surface area contributed by atoms with Crippen LogP contribution in [-0.2, 0) is 11.3 Å². The third kappa shape index (κ3) is 3.39. The van der Waals surface area contributed by atoms with Crippen LogP contribution in [0.1, 0.15) is 24.8 Å². The summed E-state index contributed by atoms with van der Waals surface area (Å²) in [5.74, 6) is 4.65. The van der Waals surface area contributed by atoms with Crippen molar-refractivity contribution in [1.82, 2.24) is 5.32 Å². The Labute approximate surface area is 123 Å². The normalized spacial score (nSPS) is 18.0. The molecule has 5 heteroatoms. The first kappa shape index (κ1) is 13.6. The van der Waals surface area contributed by atoms with Crippen molar-refractivity contribution in [3.63, 3.8) is 0 Å². The number of thioether (sulfide) groups is 1. The molecule has 1 saturated heterocycles. The van der Waals surface area contributed by atoms with Gasteiger partial charge in [0.25, 0.3) is 0 Å². The maximum Gasteiger partial charge on any atom is 0.231 e. The van der Waals surface area contributed by atoms with Gasteiger partial charge in [0.05, 0.1) is 0 Å². The zero-order chi connectivity index (χ0) is 13.8. The Morgan fingerprint density at radius 2 is 2.05 bits per heavy atom. The van der Waals surface area contributed by atoms with Gasteiger partial charge in [-0.15, -0.1) is 0 Å². The van der Waals surface area contributed by atoms with E-state index in [2.05, 4.69) is 5.32 Å². The number of hydrogen-bond acceptors (Lipinski definition) is 4. The zero-order valence-corrected chi connectivity index (χ0v) is 12.2. The minimum Gasteiger partial charge on any atom is -0.454 e. The quantitative estimate of drug-likeness (QED) is 0.927. The van der Waals surface area contributed by atoms with Crippen LogP contribution in [0, 0.1) is 5.92 Å². The molecule has 0 bridgehead atoms. The number of hydrogen-bond donors (Lipinski definition) is 1. The molecule has 1 amide bonds. The van der Waals surface area contributed by atoms with Gasteiger partial charge >= 0.3 is 0 Å². The van der Waals surface area contributed by atoms with E-state index < -0.39 is 0 Å². The molecule has 0 saturated carbocycles. The SMILES string of the molecule is O=C(CC1CCSCC1)NCc1ccc2c(c1)OCO2. The Kier molecular flexibility index (Phi) is 4.35. The zero-order valence-electron chi connectivity index (χ0n) is 11.4. The Morgan fingerprint density at radius 1 is 1.25 bits per heavy atom. The molecule has 2 aliphatic rings. The van der Waals surface area contributed by atoms with E-state index in [1.54, 1.807) is 0 Å². The van der Waals surface area contributed by atoms with Gasteiger partial charge in [-0.25, -0.2) is 0 Å². The lowest BCUT2D eigenvalue weighted by atomic mass is 9.98. The molecule has 0 radical (unpaired) electrons. The van der Waals surface area contributed by atoms with Crippen LogP contribution in [-0.4, -0.2) is 24.2 Å². The van der Waals surface area contributed by atoms with E-state index in [-0.39, 0.29) is 12.7 Å². The molecule has 0 unspecified atom stereocenters. The molecule has 4 nitrogen and oxygen atoms in total. The minimum absolute atomic E-state index is 0.152. The number of carbonyl (C=O) groups is 1. The van der Waals surface area contributed by atoms with Crippen LogP contribution < -0.4 is 14.8 Å². The predicted molar refractivity (Wildman–Crippen MR) is 79.1 cm³/mol. The highest BCUT2D eigenvalue weighted by Crippen LogP contribution is 2.32. The van der Waals surface area contributed by atoms with Gasteiger partial charge in [-0.1, -0.05) is 6.07 Å². The van der Waals surface area contributed by atoms with Gasteiger partial charge in [0.1, 0.15) is 0 Å². The van der Waals surface area contributed by atoms with E-state index in [9.17, 15) is 4.79 Å². The smallest absolute Gasteiger partial charge is 0.231 e. The second-order valence-electron chi connectivity index (χ2n) is 5.22. The summed E-state index contributed by atoms with van der Waals surface area (Å²) in [4.78, 5) is 11.9. The van der Waals surface area contributed by atoms with Crippen LogP contribution in [0.15, 0.2) is 18.2 Å². The molecule has 0 spiro atoms. The molecule has 1 aromatic rings. The van der Waals surface area contributed by atoms with E-state index in [1.807, 2.05) is 30.0 Å². The summed E-state index contributed by atoms with van der Waals surface area (Å²) in [6.07, 6.45) is 3.00. The molecule has 3 rings (SSSR count). The number of ether oxygens (including phenoxy) is 2. The fourth-order valence-electron chi connectivity index (χ4n) is 2.54. The van der Waals surface area contributed by atoms with Gasteiger partial charge in [0.2, 0.25) is 12.7 Å². The van der Waals surface area contributed by atoms with Gasteiger partial charge in [0, 0.05) is 13.0 Å². The standard InChI is InChI=1S/C15H19NO3S/c17-15(8-11-3-5-20-6-4-11)16-9-12-1-2-13-14(7-12)19-10-18-13/h1-2,7,11H,3-6,8-10H2,(H,16,17). The van der Waals surface area contributed by atoms with Gasteiger partial charge in [-0.05, 0) is 48.0 Å². The molecule has 2 aliphatic heterocycles. The molecule has 0 aliphatic carbocycles. The summed E-state index contributed by atoms with van der Waals surface area (Å²) >= 11 is 1.99. The van der Waals surface area contributed by atoms with Gasteiger partial charge in [-0.2, -0.15) is 11.8 Å². The van der Waals surface area contributed by atoms with Crippen molar-refractivity contribution in [2.24, 2.45) is 5.92 Å². The monoisotopic (exact) mass is 293 g/mol. The summed E-state index contributed by atoms with van der Waals surface area (Å²) < 4.78 is 10.6. The summed E-state index contributed by atoms with van der Waals surface area (Å²) in [7, 11) is 0. The van der Waals surface area contributed by atoms with E-state index in [4.69, 9.17) is 9.47 Å². The topological polar surface area (TPSA) is 47.6 Å². The average Bonchev–Trinajstić information content (AvgIpc) is 2.93. The third-order valence-electron chi connectivity index (χ3n) is 3.74. The van der Waals surface area contributed by atoms with E-state index in [0.29, 0.717) is 18.9 Å². The third-order valence-corrected chi connectivity index (χ3v) is 4.79. The number of nitrogens with one attached hydrogen (secondary N) is 1. The maximum atomic E-state index is 11.9. The first-order valence-electron chi connectivity index (χ1n) is 7.04. The molecule has 20 heavy (non-hydrogen) atoms. The van der Waals surface area contributed by atoms with Crippen molar-refractivity contribution >= 4 is 17.7 Å². The van der Waals surface area contributed by atoms with Crippen LogP contribution in [0.3, 0.4) is 0 Å². The number of carbonyl (C=O) groups excluding carboxylic acids is 1. The van der Waals surface area contributed by atoms with Crippen LogP contribution in [0.5, 0.6) is 11.5 Å². The summed E-state index contributed by atoms with van der Waals surface area (Å²) in [6.45, 7) is 0.835. The first-order chi connectivity index (χ1) is 9.81. The summed E-state index contributed by atoms with van der Waals surface area (Å²) in [5.41, 5.74) is 1.04. The Balaban J connectivity index is 1.47. The largest absolute Gasteiger partial charge is 0.454 e. The van der Waals surface area contributed by atoms with Gasteiger partial charge in [-0.3, -0.25) is 4.79 Å². The number of rotatable bonds is 4. The Morgan fingerprint density at radius 3 is 2.90 bits per heavy atom. The number of amides is 1. The van der Waals surface area contributed by atoms with Crippen molar-refractivity contribution in [1.29, 1.82) is 0 Å². The highest BCUT2D eigenvalue weighted by molar-refractivity contribution is 7.99. The molecule has 108 valence electrons. The van der Waals surface area contributed by atoms with Crippen molar-refractivity contribution < 1.29 is 14.3 Å². The lowest BCUT2D eigenvalue weighted by Crippen LogP contribution is -2.26. The Hall–Kier alpha value is -1.36. The van der Waals surface area contributed by atoms with Crippen molar-refractivity contribution in [2.75, 3.05) is 18.3 Å². The molecular formula is C15H19NO3S. The van der Waals surface area contributed by atoms with Crippen molar-refractivity contribution in [3.8, 4) is 11.5 Å². The highest BCUT2D eigenvalue weighted by Gasteiger charge is 2.17. The molecular weight excluding hydrogens is 274 g/mol. The maximum absolute atomic E-state index is 11.9. The van der Waals surface area contributed by atoms with Crippen molar-refractivity contribution in [2.45, 2.75) is 25.8 Å². The second kappa shape index (κ2) is 6.39. The lowest BCUT2D eigenvalue weighted by Gasteiger charge is -2.20. The van der Waals surface area contributed by atoms with Gasteiger partial charge < -0.3 is 14.8 Å². The van der Waals surface area contributed by atoms with Crippen molar-refractivity contribution in [3.05, 3.63) is 23.8 Å². The average molecular weight is 293 g/mol. The molecule has 1 aromatic carbocycles. The first-order valence-corrected chi connectivity index (χ1v) is 8.20. The fraction of sp³-hybridized carbons (Fsp3) is 0.533. The molecule has 1 fully saturated rings. The molecule has 0 atom stereocenters. The molecule has 1 N–H and O–H groups in total.